The maximum atomic E-state index is 12.0. The van der Waals surface area contributed by atoms with Gasteiger partial charge < -0.3 is 0 Å². The Morgan fingerprint density at radius 3 is 2.67 bits per heavy atom. The number of hydrogen-bond acceptors (Lipinski definition) is 0. The molecular weight excluding hydrogens is 201 g/mol. The summed E-state index contributed by atoms with van der Waals surface area (Å²) in [5.74, 6) is 0.405. The summed E-state index contributed by atoms with van der Waals surface area (Å²) in [5.41, 5.74) is 2.34. The lowest BCUT2D eigenvalue weighted by Crippen LogP contribution is -2.08. The summed E-state index contributed by atoms with van der Waals surface area (Å²) in [6.45, 7) is 4.07. The second kappa shape index (κ2) is 4.86. The van der Waals surface area contributed by atoms with Crippen LogP contribution in [-0.2, 0) is 0 Å². The minimum absolute atomic E-state index is 0.215. The summed E-state index contributed by atoms with van der Waals surface area (Å²) in [7, 11) is 0. The molecule has 0 spiro atoms. The number of halogens is 3. The van der Waals surface area contributed by atoms with E-state index in [1.807, 2.05) is 13.0 Å². The highest BCUT2D eigenvalue weighted by Gasteiger charge is 2.26. The third-order valence-electron chi connectivity index (χ3n) is 2.77. The Bertz CT molecular complexity index is 271. The molecule has 86 valence electrons. The molecule has 0 nitrogen and oxygen atoms in total. The Morgan fingerprint density at radius 1 is 1.40 bits per heavy atom. The van der Waals surface area contributed by atoms with Crippen molar-refractivity contribution in [1.82, 2.24) is 0 Å². The van der Waals surface area contributed by atoms with E-state index < -0.39 is 12.6 Å². The summed E-state index contributed by atoms with van der Waals surface area (Å²) in [6.07, 6.45) is 1.24. The second-order valence-corrected chi connectivity index (χ2v) is 4.27. The van der Waals surface area contributed by atoms with E-state index >= 15 is 0 Å². The molecule has 0 aliphatic heterocycles. The van der Waals surface area contributed by atoms with Crippen molar-refractivity contribution in [2.75, 3.05) is 0 Å². The number of allylic oxidation sites excluding steroid dienone is 4. The van der Waals surface area contributed by atoms with E-state index in [4.69, 9.17) is 0 Å². The molecule has 1 rings (SSSR count). The van der Waals surface area contributed by atoms with Crippen LogP contribution in [0, 0.1) is 5.92 Å². The second-order valence-electron chi connectivity index (χ2n) is 4.27. The highest BCUT2D eigenvalue weighted by Crippen LogP contribution is 2.29. The molecule has 0 saturated heterocycles. The van der Waals surface area contributed by atoms with Crippen LogP contribution in [0.3, 0.4) is 0 Å². The van der Waals surface area contributed by atoms with Gasteiger partial charge in [0.15, 0.2) is 0 Å². The number of hydrogen-bond donors (Lipinski definition) is 0. The molecule has 0 aromatic carbocycles. The standard InChI is InChI=1S/C12H17F3/c1-9-5-6-10(2)11(8-9)4-3-7-12(13,14)15/h5,8,10H,3-4,6-7H2,1-2H3. The predicted molar refractivity (Wildman–Crippen MR) is 55.5 cm³/mol. The molecule has 0 saturated carbocycles. The van der Waals surface area contributed by atoms with Gasteiger partial charge in [0.1, 0.15) is 0 Å². The fraction of sp³-hybridized carbons (Fsp3) is 0.667. The van der Waals surface area contributed by atoms with E-state index in [-0.39, 0.29) is 6.42 Å². The zero-order chi connectivity index (χ0) is 11.5. The van der Waals surface area contributed by atoms with Gasteiger partial charge in [-0.1, -0.05) is 30.2 Å². The van der Waals surface area contributed by atoms with Gasteiger partial charge in [0.25, 0.3) is 0 Å². The van der Waals surface area contributed by atoms with Crippen LogP contribution in [-0.4, -0.2) is 6.18 Å². The van der Waals surface area contributed by atoms with Crippen LogP contribution in [0.5, 0.6) is 0 Å². The number of rotatable bonds is 3. The Hall–Kier alpha value is -0.730. The van der Waals surface area contributed by atoms with E-state index in [0.717, 1.165) is 6.42 Å². The molecule has 0 aromatic rings. The molecule has 0 fully saturated rings. The summed E-state index contributed by atoms with van der Waals surface area (Å²) >= 11 is 0. The SMILES string of the molecule is CC1=CCC(C)C(CCCC(F)(F)F)=C1. The molecule has 0 radical (unpaired) electrons. The Labute approximate surface area is 88.9 Å². The van der Waals surface area contributed by atoms with E-state index in [1.54, 1.807) is 0 Å². The fourth-order valence-electron chi connectivity index (χ4n) is 1.82. The van der Waals surface area contributed by atoms with Crippen LogP contribution in [0.15, 0.2) is 23.3 Å². The summed E-state index contributed by atoms with van der Waals surface area (Å²) in [4.78, 5) is 0. The zero-order valence-corrected chi connectivity index (χ0v) is 9.19. The van der Waals surface area contributed by atoms with Gasteiger partial charge in [0, 0.05) is 6.42 Å². The smallest absolute Gasteiger partial charge is 0.171 e. The van der Waals surface area contributed by atoms with Crippen LogP contribution in [0.25, 0.3) is 0 Å². The topological polar surface area (TPSA) is 0 Å². The Kier molecular flexibility index (Phi) is 4.00. The Morgan fingerprint density at radius 2 is 2.07 bits per heavy atom. The normalized spacial score (nSPS) is 22.3. The molecule has 0 aromatic heterocycles. The minimum atomic E-state index is -4.01. The van der Waals surface area contributed by atoms with Gasteiger partial charge in [-0.15, -0.1) is 0 Å². The fourth-order valence-corrected chi connectivity index (χ4v) is 1.82. The third-order valence-corrected chi connectivity index (χ3v) is 2.77. The van der Waals surface area contributed by atoms with Gasteiger partial charge in [0.05, 0.1) is 0 Å². The van der Waals surface area contributed by atoms with Crippen molar-refractivity contribution in [2.24, 2.45) is 5.92 Å². The zero-order valence-electron chi connectivity index (χ0n) is 9.19. The van der Waals surface area contributed by atoms with Crippen molar-refractivity contribution in [3.8, 4) is 0 Å². The van der Waals surface area contributed by atoms with Crippen LogP contribution in [0.1, 0.15) is 39.5 Å². The molecule has 15 heavy (non-hydrogen) atoms. The molecule has 0 heterocycles. The highest BCUT2D eigenvalue weighted by atomic mass is 19.4. The van der Waals surface area contributed by atoms with E-state index in [0.29, 0.717) is 12.3 Å². The third kappa shape index (κ3) is 4.54. The van der Waals surface area contributed by atoms with E-state index in [1.165, 1.54) is 11.1 Å². The van der Waals surface area contributed by atoms with Crippen molar-refractivity contribution in [2.45, 2.75) is 45.7 Å². The first-order valence-corrected chi connectivity index (χ1v) is 5.32. The minimum Gasteiger partial charge on any atom is -0.171 e. The van der Waals surface area contributed by atoms with E-state index in [9.17, 15) is 13.2 Å². The van der Waals surface area contributed by atoms with E-state index in [2.05, 4.69) is 13.0 Å². The maximum absolute atomic E-state index is 12.0. The molecule has 0 bridgehead atoms. The first-order chi connectivity index (χ1) is 6.88. The summed E-state index contributed by atoms with van der Waals surface area (Å²) in [6, 6.07) is 0. The molecule has 1 aliphatic rings. The van der Waals surface area contributed by atoms with Crippen LogP contribution < -0.4 is 0 Å². The van der Waals surface area contributed by atoms with Gasteiger partial charge in [-0.2, -0.15) is 13.2 Å². The quantitative estimate of drug-likeness (QED) is 0.647. The lowest BCUT2D eigenvalue weighted by molar-refractivity contribution is -0.135. The van der Waals surface area contributed by atoms with Gasteiger partial charge in [-0.25, -0.2) is 0 Å². The van der Waals surface area contributed by atoms with Crippen molar-refractivity contribution >= 4 is 0 Å². The van der Waals surface area contributed by atoms with Gasteiger partial charge >= 0.3 is 6.18 Å². The highest BCUT2D eigenvalue weighted by molar-refractivity contribution is 5.27. The van der Waals surface area contributed by atoms with Crippen LogP contribution in [0.4, 0.5) is 13.2 Å². The molecular formula is C12H17F3. The van der Waals surface area contributed by atoms with Crippen molar-refractivity contribution < 1.29 is 13.2 Å². The first kappa shape index (κ1) is 12.3. The average molecular weight is 218 g/mol. The summed E-state index contributed by atoms with van der Waals surface area (Å²) < 4.78 is 35.9. The molecule has 1 unspecified atom stereocenters. The van der Waals surface area contributed by atoms with Crippen LogP contribution in [0.2, 0.25) is 0 Å². The molecule has 3 heteroatoms. The lowest BCUT2D eigenvalue weighted by Gasteiger charge is -2.19. The maximum Gasteiger partial charge on any atom is 0.389 e. The predicted octanol–water partition coefficient (Wildman–Crippen LogP) is 4.63. The number of alkyl halides is 3. The molecule has 1 aliphatic carbocycles. The first-order valence-electron chi connectivity index (χ1n) is 5.32. The Balaban J connectivity index is 2.41. The molecule has 0 N–H and O–H groups in total. The van der Waals surface area contributed by atoms with Crippen molar-refractivity contribution in [1.29, 1.82) is 0 Å². The average Bonchev–Trinajstić information content (AvgIpc) is 2.09. The van der Waals surface area contributed by atoms with Gasteiger partial charge in [0.2, 0.25) is 0 Å². The van der Waals surface area contributed by atoms with Gasteiger partial charge in [-0.3, -0.25) is 0 Å². The summed E-state index contributed by atoms with van der Waals surface area (Å²) in [5, 5.41) is 0. The molecule has 1 atom stereocenters. The van der Waals surface area contributed by atoms with Gasteiger partial charge in [-0.05, 0) is 32.1 Å². The van der Waals surface area contributed by atoms with Crippen molar-refractivity contribution in [3.05, 3.63) is 23.3 Å². The molecule has 0 amide bonds. The van der Waals surface area contributed by atoms with Crippen molar-refractivity contribution in [3.63, 3.8) is 0 Å². The lowest BCUT2D eigenvalue weighted by atomic mass is 9.87. The monoisotopic (exact) mass is 218 g/mol. The largest absolute Gasteiger partial charge is 0.389 e. The van der Waals surface area contributed by atoms with Crippen LogP contribution >= 0.6 is 0 Å².